The van der Waals surface area contributed by atoms with Gasteiger partial charge in [0, 0.05) is 18.5 Å². The van der Waals surface area contributed by atoms with Crippen LogP contribution in [0.5, 0.6) is 11.5 Å². The van der Waals surface area contributed by atoms with E-state index < -0.39 is 71.9 Å². The largest absolute Gasteiger partial charge is 0.493 e. The summed E-state index contributed by atoms with van der Waals surface area (Å²) >= 11 is 2.23. The third-order valence-electron chi connectivity index (χ3n) is 11.1. The first-order chi connectivity index (χ1) is 34.3. The molecule has 0 aromatic heterocycles. The third kappa shape index (κ3) is 13.8. The van der Waals surface area contributed by atoms with E-state index in [1.54, 1.807) is 25.1 Å². The molecule has 0 heterocycles. The van der Waals surface area contributed by atoms with Crippen LogP contribution in [0.3, 0.4) is 0 Å². The number of hydrogen-bond donors (Lipinski definition) is 0. The van der Waals surface area contributed by atoms with Gasteiger partial charge in [-0.25, -0.2) is 4.39 Å². The van der Waals surface area contributed by atoms with Gasteiger partial charge in [0.25, 0.3) is 0 Å². The maximum absolute atomic E-state index is 15.2. The number of ether oxygens (including phenoxy) is 2. The van der Waals surface area contributed by atoms with Gasteiger partial charge in [0.15, 0.2) is 5.82 Å². The van der Waals surface area contributed by atoms with E-state index in [9.17, 15) is 74.6 Å². The first-order valence-corrected chi connectivity index (χ1v) is 23.7. The fraction of sp³-hybridized carbons (Fsp3) is 0.440. The summed E-state index contributed by atoms with van der Waals surface area (Å²) in [7, 11) is 0. The minimum Gasteiger partial charge on any atom is -0.493 e. The minimum atomic E-state index is -8.68. The molecule has 24 heteroatoms. The fourth-order valence-electron chi connectivity index (χ4n) is 6.58. The molecule has 0 radical (unpaired) electrons. The van der Waals surface area contributed by atoms with Crippen LogP contribution >= 0.6 is 22.6 Å². The summed E-state index contributed by atoms with van der Waals surface area (Å²) in [5, 5.41) is 9.32. The predicted molar refractivity (Wildman–Crippen MR) is 251 cm³/mol. The zero-order chi connectivity index (χ0) is 55.6. The van der Waals surface area contributed by atoms with Crippen LogP contribution in [-0.2, 0) is 13.0 Å². The van der Waals surface area contributed by atoms with E-state index in [-0.39, 0.29) is 18.8 Å². The predicted octanol–water partition coefficient (Wildman–Crippen LogP) is 18.0. The van der Waals surface area contributed by atoms with Crippen molar-refractivity contribution < 1.29 is 88.5 Å². The Balaban J connectivity index is 1.39. The molecule has 74 heavy (non-hydrogen) atoms. The molecule has 0 saturated heterocycles. The van der Waals surface area contributed by atoms with Crippen molar-refractivity contribution in [2.24, 2.45) is 10.3 Å². The number of benzene rings is 4. The van der Waals surface area contributed by atoms with Gasteiger partial charge in [-0.15, -0.1) is 5.11 Å². The number of nitrogens with zero attached hydrogens (tertiary/aromatic N) is 3. The molecular formula is C50H48F18IN3O2. The maximum Gasteiger partial charge on any atom is 0.460 e. The second kappa shape index (κ2) is 24.7. The molecule has 0 saturated carbocycles. The lowest BCUT2D eigenvalue weighted by Gasteiger charge is -2.42. The highest BCUT2D eigenvalue weighted by atomic mass is 127. The molecule has 5 nitrogen and oxygen atoms in total. The van der Waals surface area contributed by atoms with Gasteiger partial charge in [0.1, 0.15) is 17.2 Å². The Morgan fingerprint density at radius 1 is 0.527 bits per heavy atom. The number of hydrogen-bond acceptors (Lipinski definition) is 4. The van der Waals surface area contributed by atoms with Crippen LogP contribution in [0.15, 0.2) is 89.2 Å². The Morgan fingerprint density at radius 2 is 1.00 bits per heavy atom. The van der Waals surface area contributed by atoms with Crippen molar-refractivity contribution in [3.05, 3.63) is 122 Å². The molecule has 0 spiro atoms. The minimum absolute atomic E-state index is 0.106. The molecule has 0 atom stereocenters. The van der Waals surface area contributed by atoms with Gasteiger partial charge < -0.3 is 9.47 Å². The topological polar surface area (TPSA) is 46.4 Å². The average molecular weight is 1190 g/mol. The van der Waals surface area contributed by atoms with Gasteiger partial charge in [0.05, 0.1) is 23.3 Å². The smallest absolute Gasteiger partial charge is 0.460 e. The highest BCUT2D eigenvalue weighted by Gasteiger charge is 2.95. The number of unbranched alkanes of at least 4 members (excludes halogenated alkanes) is 2. The molecule has 0 aliphatic rings. The van der Waals surface area contributed by atoms with Gasteiger partial charge >= 0.3 is 47.6 Å². The van der Waals surface area contributed by atoms with E-state index in [4.69, 9.17) is 9.47 Å². The van der Waals surface area contributed by atoms with E-state index in [2.05, 4.69) is 46.8 Å². The first kappa shape index (κ1) is 61.4. The molecule has 4 rings (SSSR count). The Labute approximate surface area is 427 Å². The molecule has 408 valence electrons. The molecular weight excluding hydrogens is 1140 g/mol. The second-order valence-corrected chi connectivity index (χ2v) is 18.0. The summed E-state index contributed by atoms with van der Waals surface area (Å²) in [6.45, 7) is 7.19. The number of aryl methyl sites for hydroxylation is 1. The monoisotopic (exact) mass is 1190 g/mol. The summed E-state index contributed by atoms with van der Waals surface area (Å²) in [5.41, 5.74) is 2.82. The molecule has 0 fully saturated rings. The van der Waals surface area contributed by atoms with Crippen molar-refractivity contribution >= 4 is 52.6 Å². The van der Waals surface area contributed by atoms with Crippen molar-refractivity contribution in [3.8, 4) is 11.5 Å². The number of halogens is 19. The van der Waals surface area contributed by atoms with Crippen LogP contribution in [-0.4, -0.2) is 72.4 Å². The highest BCUT2D eigenvalue weighted by molar-refractivity contribution is 14.1. The van der Waals surface area contributed by atoms with Crippen LogP contribution < -0.4 is 9.47 Å². The van der Waals surface area contributed by atoms with Crippen LogP contribution in [0.4, 0.5) is 84.7 Å². The molecule has 0 bridgehead atoms. The number of rotatable bonds is 27. The molecule has 0 N–H and O–H groups in total. The molecule has 4 aromatic rings. The SMILES string of the molecule is CCCCOc1cc(/C=C/c2ccc(/C=C/c3ccc(N=NN(CCC)Cc4ccc(CCC(F)(F)C(F)(F)C(F)(F)C(F)(F)C(F)(F)C(F)(F)C(F)(F)C(F)(F)F)cc4)c(F)c3)cc2)c(OCCCC)cc1I. The van der Waals surface area contributed by atoms with Gasteiger partial charge in [-0.05, 0) is 100 Å². The summed E-state index contributed by atoms with van der Waals surface area (Å²) in [6.07, 6.45) is -0.148. The molecule has 0 unspecified atom stereocenters. The van der Waals surface area contributed by atoms with Crippen molar-refractivity contribution in [1.82, 2.24) is 5.01 Å². The summed E-state index contributed by atoms with van der Waals surface area (Å²) in [6, 6.07) is 19.9. The summed E-state index contributed by atoms with van der Waals surface area (Å²) in [5.74, 6) is -55.9. The van der Waals surface area contributed by atoms with Gasteiger partial charge in [-0.2, -0.15) is 74.6 Å². The van der Waals surface area contributed by atoms with E-state index in [1.165, 1.54) is 29.3 Å². The fourth-order valence-corrected chi connectivity index (χ4v) is 7.17. The normalized spacial score (nSPS) is 13.7. The van der Waals surface area contributed by atoms with E-state index in [1.807, 2.05) is 48.6 Å². The zero-order valence-corrected chi connectivity index (χ0v) is 41.6. The average Bonchev–Trinajstić information content (AvgIpc) is 3.32. The Kier molecular flexibility index (Phi) is 20.5. The van der Waals surface area contributed by atoms with Crippen molar-refractivity contribution in [1.29, 1.82) is 0 Å². The number of alkyl halides is 17. The van der Waals surface area contributed by atoms with Gasteiger partial charge in [-0.3, -0.25) is 5.01 Å². The first-order valence-electron chi connectivity index (χ1n) is 22.6. The van der Waals surface area contributed by atoms with Crippen LogP contribution in [0, 0.1) is 9.39 Å². The Hall–Kier alpha value is -5.17. The standard InChI is InChI=1S/C50H48F18IN3O2/c1-4-7-26-73-41-30-39(69)42(74-27-8-5-2)29-37(41)21-19-33-11-9-32(10-12-33)13-16-35-20-22-40(38(51)28-35)70-71-72(25-6-3)31-36-17-14-34(15-18-36)23-24-43(52,53)44(54,55)45(56,57)46(58,59)47(60,61)48(62,63)49(64,65)50(66,67)68/h9-22,28-30H,4-8,23-27,31H2,1-3H3/b16-13+,21-19+,71-70?. The Bertz CT molecular complexity index is 2550. The zero-order valence-electron chi connectivity index (χ0n) is 39.4. The molecule has 0 amide bonds. The summed E-state index contributed by atoms with van der Waals surface area (Å²) < 4.78 is 260. The molecule has 0 aliphatic carbocycles. The van der Waals surface area contributed by atoms with E-state index in [0.29, 0.717) is 30.8 Å². The van der Waals surface area contributed by atoms with Crippen LogP contribution in [0.2, 0.25) is 0 Å². The van der Waals surface area contributed by atoms with Crippen molar-refractivity contribution in [2.75, 3.05) is 19.8 Å². The lowest BCUT2D eigenvalue weighted by atomic mass is 9.87. The van der Waals surface area contributed by atoms with Crippen molar-refractivity contribution in [3.63, 3.8) is 0 Å². The van der Waals surface area contributed by atoms with E-state index >= 15 is 4.39 Å². The Morgan fingerprint density at radius 3 is 1.51 bits per heavy atom. The lowest BCUT2D eigenvalue weighted by Crippen LogP contribution is -2.74. The highest BCUT2D eigenvalue weighted by Crippen LogP contribution is 2.64. The lowest BCUT2D eigenvalue weighted by molar-refractivity contribution is -0.461. The quantitative estimate of drug-likeness (QED) is 0.0149. The second-order valence-electron chi connectivity index (χ2n) is 16.8. The maximum atomic E-state index is 15.2. The molecule has 4 aromatic carbocycles. The summed E-state index contributed by atoms with van der Waals surface area (Å²) in [4.78, 5) is 0. The van der Waals surface area contributed by atoms with Gasteiger partial charge in [-0.1, -0.05) is 118 Å². The van der Waals surface area contributed by atoms with Crippen LogP contribution in [0.1, 0.15) is 92.7 Å². The van der Waals surface area contributed by atoms with E-state index in [0.717, 1.165) is 69.6 Å². The molecule has 0 aliphatic heterocycles. The van der Waals surface area contributed by atoms with Gasteiger partial charge in [0.2, 0.25) is 0 Å². The van der Waals surface area contributed by atoms with Crippen molar-refractivity contribution in [2.45, 2.75) is 120 Å². The van der Waals surface area contributed by atoms with Crippen LogP contribution in [0.25, 0.3) is 24.3 Å². The third-order valence-corrected chi connectivity index (χ3v) is 11.9.